The zero-order valence-electron chi connectivity index (χ0n) is 23.4. The van der Waals surface area contributed by atoms with Crippen molar-refractivity contribution in [2.45, 2.75) is 63.5 Å². The average molecular weight is 578 g/mol. The van der Waals surface area contributed by atoms with Crippen molar-refractivity contribution in [1.82, 2.24) is 38.7 Å². The van der Waals surface area contributed by atoms with E-state index in [1.54, 1.807) is 18.6 Å². The molecule has 0 bridgehead atoms. The van der Waals surface area contributed by atoms with Crippen LogP contribution in [0, 0.1) is 0 Å². The van der Waals surface area contributed by atoms with Gasteiger partial charge in [0, 0.05) is 36.7 Å². The second-order valence-electron chi connectivity index (χ2n) is 11.8. The summed E-state index contributed by atoms with van der Waals surface area (Å²) in [5, 5.41) is 18.4. The normalized spacial score (nSPS) is 19.5. The molecular formula is C28H32ClN9O3. The molecule has 1 aliphatic heterocycles. The van der Waals surface area contributed by atoms with Gasteiger partial charge in [0.25, 0.3) is 0 Å². The van der Waals surface area contributed by atoms with Gasteiger partial charge in [-0.05, 0) is 19.3 Å². The minimum atomic E-state index is -0.286. The van der Waals surface area contributed by atoms with Gasteiger partial charge in [-0.15, -0.1) is 0 Å². The van der Waals surface area contributed by atoms with Crippen molar-refractivity contribution in [3.05, 3.63) is 47.4 Å². The molecular weight excluding hydrogens is 546 g/mol. The average Bonchev–Trinajstić information content (AvgIpc) is 3.28. The van der Waals surface area contributed by atoms with E-state index in [0.717, 1.165) is 36.4 Å². The molecule has 1 saturated carbocycles. The van der Waals surface area contributed by atoms with Gasteiger partial charge in [-0.2, -0.15) is 10.1 Å². The number of aryl methyl sites for hydroxylation is 1. The number of imidazole rings is 2. The van der Waals surface area contributed by atoms with E-state index >= 15 is 0 Å². The summed E-state index contributed by atoms with van der Waals surface area (Å²) in [5.74, 6) is 3.59. The van der Waals surface area contributed by atoms with Crippen LogP contribution in [0.2, 0.25) is 5.02 Å². The number of halogens is 1. The van der Waals surface area contributed by atoms with E-state index in [4.69, 9.17) is 26.2 Å². The van der Waals surface area contributed by atoms with Crippen molar-refractivity contribution in [2.75, 3.05) is 18.5 Å². The zero-order valence-corrected chi connectivity index (χ0v) is 24.1. The number of rotatable bonds is 7. The fourth-order valence-electron chi connectivity index (χ4n) is 5.48. The molecule has 214 valence electrons. The molecule has 0 spiro atoms. The molecule has 0 unspecified atom stereocenters. The Labute approximate surface area is 241 Å². The number of nitrogens with zero attached hydrogens (tertiary/aromatic N) is 8. The van der Waals surface area contributed by atoms with E-state index < -0.39 is 0 Å². The first kappa shape index (κ1) is 26.2. The molecule has 2 fully saturated rings. The van der Waals surface area contributed by atoms with Crippen molar-refractivity contribution >= 4 is 40.2 Å². The van der Waals surface area contributed by atoms with Crippen LogP contribution >= 0.6 is 11.6 Å². The number of aliphatic hydroxyl groups is 1. The molecule has 5 aromatic rings. The van der Waals surface area contributed by atoms with Crippen LogP contribution in [0.5, 0.6) is 11.5 Å². The van der Waals surface area contributed by atoms with E-state index in [2.05, 4.69) is 46.0 Å². The fourth-order valence-corrected chi connectivity index (χ4v) is 5.78. The molecule has 13 heteroatoms. The number of fused-ring (bicyclic) bond motifs is 2. The Morgan fingerprint density at radius 1 is 1.15 bits per heavy atom. The highest BCUT2D eigenvalue weighted by atomic mass is 35.5. The molecule has 0 amide bonds. The summed E-state index contributed by atoms with van der Waals surface area (Å²) in [7, 11) is 1.87. The lowest BCUT2D eigenvalue weighted by atomic mass is 9.91. The molecule has 12 nitrogen and oxygen atoms in total. The van der Waals surface area contributed by atoms with E-state index in [1.165, 1.54) is 0 Å². The van der Waals surface area contributed by atoms with Gasteiger partial charge in [-0.1, -0.05) is 32.4 Å². The summed E-state index contributed by atoms with van der Waals surface area (Å²) in [4.78, 5) is 18.2. The zero-order chi connectivity index (χ0) is 28.5. The highest BCUT2D eigenvalue weighted by Crippen LogP contribution is 2.40. The minimum absolute atomic E-state index is 0.0441. The molecule has 2 N–H and O–H groups in total. The van der Waals surface area contributed by atoms with Gasteiger partial charge >= 0.3 is 0 Å². The third-order valence-electron chi connectivity index (χ3n) is 7.77. The number of nitrogens with one attached hydrogen (secondary N) is 1. The Morgan fingerprint density at radius 2 is 1.98 bits per heavy atom. The SMILES string of the molecule is Cn1c(Nc2cc(C(C)(C)C)n([C@@H]3CCO[C@H]3CO)n2)nc2ncc(Oc3cnc4cnc(C5CC5)n4c3)c(Cl)c21. The van der Waals surface area contributed by atoms with Gasteiger partial charge in [0.05, 0.1) is 37.4 Å². The van der Waals surface area contributed by atoms with Gasteiger partial charge in [-0.25, -0.2) is 15.0 Å². The van der Waals surface area contributed by atoms with Gasteiger partial charge in [0.1, 0.15) is 22.5 Å². The van der Waals surface area contributed by atoms with Crippen LogP contribution in [0.4, 0.5) is 11.8 Å². The standard InChI is InChI=1S/C28H32ClN9O3/c1-28(2,3)20-9-21(35-38(20)17-7-8-40-19(17)14-39)33-27-34-25-24(36(27)4)23(29)18(11-31-25)41-16-10-30-22-12-32-26(15-5-6-15)37(22)13-16/h9-13,15,17,19,39H,5-8,14H2,1-4H3,(H,31,33,34,35)/t17-,19+/m1/s1. The van der Waals surface area contributed by atoms with Crippen molar-refractivity contribution in [2.24, 2.45) is 7.05 Å². The molecule has 41 heavy (non-hydrogen) atoms. The van der Waals surface area contributed by atoms with E-state index in [0.29, 0.717) is 52.0 Å². The van der Waals surface area contributed by atoms with Crippen LogP contribution in [-0.4, -0.2) is 63.1 Å². The predicted octanol–water partition coefficient (Wildman–Crippen LogP) is 4.89. The van der Waals surface area contributed by atoms with Crippen LogP contribution in [0.25, 0.3) is 16.8 Å². The van der Waals surface area contributed by atoms with Crippen LogP contribution in [0.15, 0.2) is 30.9 Å². The van der Waals surface area contributed by atoms with Gasteiger partial charge in [0.15, 0.2) is 28.6 Å². The highest BCUT2D eigenvalue weighted by molar-refractivity contribution is 6.36. The number of aromatic nitrogens is 8. The lowest BCUT2D eigenvalue weighted by Crippen LogP contribution is -2.29. The predicted molar refractivity (Wildman–Crippen MR) is 153 cm³/mol. The Hall–Kier alpha value is -3.74. The van der Waals surface area contributed by atoms with Crippen LogP contribution in [-0.2, 0) is 17.2 Å². The Bertz CT molecular complexity index is 1770. The number of aliphatic hydroxyl groups excluding tert-OH is 1. The lowest BCUT2D eigenvalue weighted by Gasteiger charge is -2.25. The maximum absolute atomic E-state index is 9.83. The molecule has 0 aromatic carbocycles. The Kier molecular flexibility index (Phi) is 6.18. The molecule has 7 rings (SSSR count). The van der Waals surface area contributed by atoms with Crippen molar-refractivity contribution in [1.29, 1.82) is 0 Å². The molecule has 6 heterocycles. The van der Waals surface area contributed by atoms with Crippen LogP contribution in [0.3, 0.4) is 0 Å². The maximum atomic E-state index is 9.83. The number of hydrogen-bond donors (Lipinski definition) is 2. The summed E-state index contributed by atoms with van der Waals surface area (Å²) in [6.45, 7) is 6.96. The van der Waals surface area contributed by atoms with Crippen LogP contribution < -0.4 is 10.1 Å². The molecule has 2 atom stereocenters. The van der Waals surface area contributed by atoms with Crippen molar-refractivity contribution in [3.63, 3.8) is 0 Å². The monoisotopic (exact) mass is 577 g/mol. The minimum Gasteiger partial charge on any atom is -0.451 e. The summed E-state index contributed by atoms with van der Waals surface area (Å²) >= 11 is 6.86. The third-order valence-corrected chi connectivity index (χ3v) is 8.14. The van der Waals surface area contributed by atoms with Gasteiger partial charge in [0.2, 0.25) is 5.95 Å². The van der Waals surface area contributed by atoms with Gasteiger partial charge < -0.3 is 24.5 Å². The van der Waals surface area contributed by atoms with Crippen molar-refractivity contribution < 1.29 is 14.6 Å². The summed E-state index contributed by atoms with van der Waals surface area (Å²) in [5.41, 5.74) is 2.75. The molecule has 1 aliphatic carbocycles. The Morgan fingerprint density at radius 3 is 2.73 bits per heavy atom. The third kappa shape index (κ3) is 4.59. The molecule has 0 radical (unpaired) electrons. The quantitative estimate of drug-likeness (QED) is 0.277. The van der Waals surface area contributed by atoms with Crippen LogP contribution in [0.1, 0.15) is 63.5 Å². The highest BCUT2D eigenvalue weighted by Gasteiger charge is 2.34. The lowest BCUT2D eigenvalue weighted by molar-refractivity contribution is 0.0391. The topological polar surface area (TPSA) is 129 Å². The largest absolute Gasteiger partial charge is 0.451 e. The first-order valence-corrected chi connectivity index (χ1v) is 14.2. The first-order chi connectivity index (χ1) is 19.7. The Balaban J connectivity index is 1.19. The van der Waals surface area contributed by atoms with Gasteiger partial charge in [-0.3, -0.25) is 9.08 Å². The van der Waals surface area contributed by atoms with Crippen molar-refractivity contribution in [3.8, 4) is 11.5 Å². The molecule has 2 aliphatic rings. The maximum Gasteiger partial charge on any atom is 0.210 e. The first-order valence-electron chi connectivity index (χ1n) is 13.8. The fraction of sp³-hybridized carbons (Fsp3) is 0.464. The number of pyridine rings is 1. The van der Waals surface area contributed by atoms with E-state index in [1.807, 2.05) is 33.0 Å². The summed E-state index contributed by atoms with van der Waals surface area (Å²) in [6.07, 6.45) is 9.68. The summed E-state index contributed by atoms with van der Waals surface area (Å²) in [6, 6.07) is 1.97. The molecule has 5 aromatic heterocycles. The second-order valence-corrected chi connectivity index (χ2v) is 12.2. The number of anilines is 2. The summed E-state index contributed by atoms with van der Waals surface area (Å²) < 4.78 is 17.7. The van der Waals surface area contributed by atoms with E-state index in [-0.39, 0.29) is 24.2 Å². The molecule has 1 saturated heterocycles. The smallest absolute Gasteiger partial charge is 0.210 e. The van der Waals surface area contributed by atoms with E-state index in [9.17, 15) is 5.11 Å². The number of ether oxygens (including phenoxy) is 2. The number of hydrogen-bond acceptors (Lipinski definition) is 9. The second kappa shape index (κ2) is 9.68.